The lowest BCUT2D eigenvalue weighted by molar-refractivity contribution is 0.0683. The number of anilines is 1. The van der Waals surface area contributed by atoms with Crippen molar-refractivity contribution in [3.8, 4) is 0 Å². The Morgan fingerprint density at radius 3 is 2.41 bits per heavy atom. The second-order valence-corrected chi connectivity index (χ2v) is 5.01. The highest BCUT2D eigenvalue weighted by Crippen LogP contribution is 2.15. The van der Waals surface area contributed by atoms with E-state index in [1.165, 1.54) is 10.9 Å². The topological polar surface area (TPSA) is 64.2 Å². The van der Waals surface area contributed by atoms with E-state index in [1.54, 1.807) is 7.05 Å². The van der Waals surface area contributed by atoms with Gasteiger partial charge in [0.25, 0.3) is 5.91 Å². The number of rotatable bonds is 4. The fraction of sp³-hybridized carbons (Fsp3) is 0.667. The maximum absolute atomic E-state index is 12.3. The van der Waals surface area contributed by atoms with Crippen molar-refractivity contribution in [3.05, 3.63) is 11.8 Å². The van der Waals surface area contributed by atoms with Crippen LogP contribution in [0.5, 0.6) is 0 Å². The molecule has 0 fully saturated rings. The van der Waals surface area contributed by atoms with Crippen LogP contribution in [0.3, 0.4) is 0 Å². The smallest absolute Gasteiger partial charge is 0.259 e. The van der Waals surface area contributed by atoms with Crippen LogP contribution in [0.1, 0.15) is 38.1 Å². The number of nitrogen functional groups attached to an aromatic ring is 1. The van der Waals surface area contributed by atoms with Crippen LogP contribution >= 0.6 is 0 Å². The molecule has 0 bridgehead atoms. The SMILES string of the molecule is CC(C)CN(C(=O)c1cnn(C)c1N)C(C)C. The number of hydrogen-bond donors (Lipinski definition) is 1. The van der Waals surface area contributed by atoms with Crippen molar-refractivity contribution in [2.24, 2.45) is 13.0 Å². The summed E-state index contributed by atoms with van der Waals surface area (Å²) in [5, 5.41) is 4.00. The molecule has 1 rings (SSSR count). The summed E-state index contributed by atoms with van der Waals surface area (Å²) in [4.78, 5) is 14.2. The molecular formula is C12H22N4O. The molecule has 0 saturated heterocycles. The number of carbonyl (C=O) groups is 1. The molecule has 0 unspecified atom stereocenters. The first-order valence-corrected chi connectivity index (χ1v) is 5.93. The molecule has 5 nitrogen and oxygen atoms in total. The molecule has 17 heavy (non-hydrogen) atoms. The van der Waals surface area contributed by atoms with E-state index in [4.69, 9.17) is 5.73 Å². The molecule has 1 aromatic rings. The molecule has 2 N–H and O–H groups in total. The van der Waals surface area contributed by atoms with Crippen LogP contribution in [0.25, 0.3) is 0 Å². The number of amides is 1. The zero-order valence-corrected chi connectivity index (χ0v) is 11.3. The highest BCUT2D eigenvalue weighted by Gasteiger charge is 2.23. The van der Waals surface area contributed by atoms with Crippen LogP contribution in [-0.4, -0.2) is 33.2 Å². The minimum absolute atomic E-state index is 0.0423. The first kappa shape index (κ1) is 13.5. The van der Waals surface area contributed by atoms with Crippen molar-refractivity contribution in [3.63, 3.8) is 0 Å². The van der Waals surface area contributed by atoms with Gasteiger partial charge in [-0.05, 0) is 19.8 Å². The van der Waals surface area contributed by atoms with Crippen LogP contribution in [0.4, 0.5) is 5.82 Å². The summed E-state index contributed by atoms with van der Waals surface area (Å²) in [5.74, 6) is 0.808. The molecule has 1 aromatic heterocycles. The van der Waals surface area contributed by atoms with E-state index in [9.17, 15) is 4.79 Å². The maximum Gasteiger partial charge on any atom is 0.259 e. The predicted octanol–water partition coefficient (Wildman–Crippen LogP) is 1.51. The number of nitrogens with zero attached hydrogens (tertiary/aromatic N) is 3. The van der Waals surface area contributed by atoms with Crippen LogP contribution in [-0.2, 0) is 7.05 Å². The molecule has 0 aliphatic carbocycles. The van der Waals surface area contributed by atoms with E-state index in [2.05, 4.69) is 18.9 Å². The number of aromatic nitrogens is 2. The summed E-state index contributed by atoms with van der Waals surface area (Å²) >= 11 is 0. The number of carbonyl (C=O) groups excluding carboxylic acids is 1. The third-order valence-electron chi connectivity index (χ3n) is 2.66. The fourth-order valence-corrected chi connectivity index (χ4v) is 1.69. The average Bonchev–Trinajstić information content (AvgIpc) is 2.55. The summed E-state index contributed by atoms with van der Waals surface area (Å²) in [6.07, 6.45) is 1.54. The predicted molar refractivity (Wildman–Crippen MR) is 68.6 cm³/mol. The van der Waals surface area contributed by atoms with Gasteiger partial charge < -0.3 is 10.6 Å². The van der Waals surface area contributed by atoms with Crippen LogP contribution in [0, 0.1) is 5.92 Å². The Kier molecular flexibility index (Phi) is 4.15. The Labute approximate surface area is 103 Å². The molecule has 1 heterocycles. The third kappa shape index (κ3) is 2.99. The Morgan fingerprint density at radius 1 is 1.47 bits per heavy atom. The van der Waals surface area contributed by atoms with E-state index < -0.39 is 0 Å². The Morgan fingerprint density at radius 2 is 2.06 bits per heavy atom. The van der Waals surface area contributed by atoms with Gasteiger partial charge in [0.1, 0.15) is 11.4 Å². The molecule has 0 spiro atoms. The molecule has 0 saturated carbocycles. The van der Waals surface area contributed by atoms with Crippen LogP contribution < -0.4 is 5.73 Å². The maximum atomic E-state index is 12.3. The summed E-state index contributed by atoms with van der Waals surface area (Å²) in [5.41, 5.74) is 6.31. The zero-order valence-electron chi connectivity index (χ0n) is 11.3. The molecule has 5 heteroatoms. The highest BCUT2D eigenvalue weighted by atomic mass is 16.2. The largest absolute Gasteiger partial charge is 0.383 e. The standard InChI is InChI=1S/C12H22N4O/c1-8(2)7-16(9(3)4)12(17)10-6-14-15(5)11(10)13/h6,8-9H,7,13H2,1-5H3. The summed E-state index contributed by atoms with van der Waals surface area (Å²) in [6, 6.07) is 0.157. The van der Waals surface area contributed by atoms with Gasteiger partial charge in [-0.1, -0.05) is 13.8 Å². The molecule has 96 valence electrons. The Balaban J connectivity index is 2.96. The van der Waals surface area contributed by atoms with Gasteiger partial charge in [0.2, 0.25) is 0 Å². The van der Waals surface area contributed by atoms with Gasteiger partial charge >= 0.3 is 0 Å². The van der Waals surface area contributed by atoms with E-state index in [-0.39, 0.29) is 11.9 Å². The molecule has 0 aromatic carbocycles. The number of nitrogens with two attached hydrogens (primary N) is 1. The second-order valence-electron chi connectivity index (χ2n) is 5.01. The van der Waals surface area contributed by atoms with Gasteiger partial charge in [0.05, 0.1) is 6.20 Å². The molecular weight excluding hydrogens is 216 g/mol. The van der Waals surface area contributed by atoms with E-state index in [0.29, 0.717) is 17.3 Å². The van der Waals surface area contributed by atoms with Gasteiger partial charge in [-0.15, -0.1) is 0 Å². The zero-order chi connectivity index (χ0) is 13.2. The van der Waals surface area contributed by atoms with Crippen molar-refractivity contribution in [2.45, 2.75) is 33.7 Å². The van der Waals surface area contributed by atoms with Crippen molar-refractivity contribution >= 4 is 11.7 Å². The van der Waals surface area contributed by atoms with Crippen molar-refractivity contribution in [1.29, 1.82) is 0 Å². The minimum atomic E-state index is -0.0423. The number of aryl methyl sites for hydroxylation is 1. The summed E-state index contributed by atoms with van der Waals surface area (Å²) in [6.45, 7) is 8.93. The van der Waals surface area contributed by atoms with Crippen molar-refractivity contribution < 1.29 is 4.79 Å². The van der Waals surface area contributed by atoms with Crippen LogP contribution in [0.2, 0.25) is 0 Å². The molecule has 0 radical (unpaired) electrons. The third-order valence-corrected chi connectivity index (χ3v) is 2.66. The summed E-state index contributed by atoms with van der Waals surface area (Å²) < 4.78 is 1.51. The van der Waals surface area contributed by atoms with Crippen molar-refractivity contribution in [2.75, 3.05) is 12.3 Å². The van der Waals surface area contributed by atoms with Gasteiger partial charge in [0.15, 0.2) is 0 Å². The van der Waals surface area contributed by atoms with Crippen LogP contribution in [0.15, 0.2) is 6.20 Å². The molecule has 0 aliphatic rings. The highest BCUT2D eigenvalue weighted by molar-refractivity contribution is 5.98. The lowest BCUT2D eigenvalue weighted by atomic mass is 10.1. The van der Waals surface area contributed by atoms with Gasteiger partial charge in [-0.2, -0.15) is 5.10 Å². The normalized spacial score (nSPS) is 11.2. The fourth-order valence-electron chi connectivity index (χ4n) is 1.69. The Bertz CT molecular complexity index is 395. The second kappa shape index (κ2) is 5.21. The van der Waals surface area contributed by atoms with E-state index in [1.807, 2.05) is 18.7 Å². The monoisotopic (exact) mass is 238 g/mol. The van der Waals surface area contributed by atoms with E-state index in [0.717, 1.165) is 6.54 Å². The quantitative estimate of drug-likeness (QED) is 0.864. The lowest BCUT2D eigenvalue weighted by Gasteiger charge is -2.28. The van der Waals surface area contributed by atoms with Gasteiger partial charge in [-0.3, -0.25) is 9.48 Å². The van der Waals surface area contributed by atoms with Crippen molar-refractivity contribution in [1.82, 2.24) is 14.7 Å². The minimum Gasteiger partial charge on any atom is -0.383 e. The number of hydrogen-bond acceptors (Lipinski definition) is 3. The molecule has 0 atom stereocenters. The lowest BCUT2D eigenvalue weighted by Crippen LogP contribution is -2.39. The van der Waals surface area contributed by atoms with Gasteiger partial charge in [-0.25, -0.2) is 0 Å². The average molecular weight is 238 g/mol. The molecule has 0 aliphatic heterocycles. The van der Waals surface area contributed by atoms with E-state index >= 15 is 0 Å². The summed E-state index contributed by atoms with van der Waals surface area (Å²) in [7, 11) is 1.73. The first-order valence-electron chi connectivity index (χ1n) is 5.93. The molecule has 1 amide bonds. The first-order chi connectivity index (χ1) is 7.84. The Hall–Kier alpha value is -1.52. The van der Waals surface area contributed by atoms with Gasteiger partial charge in [0, 0.05) is 19.6 Å².